The standard InChI is InChI=1S/C31H33FN5O7P/c1-5-21-16-37(27-24(21)26(33)34-19-35-27)28-31(4,32)25(38)23(43-28)18-42-45(40,44-22-14-10-7-11-15-22)36-30(2,3)29(39)41-17-20-12-8-6-9-13-20/h1,6-16,19,23,25,28,38H,17-18H2,2-4H3,(H,36,40)(H2,33,34,35)/t23-,25-,28-,31-,45?/m1/s1. The molecule has 45 heavy (non-hydrogen) atoms. The summed E-state index contributed by atoms with van der Waals surface area (Å²) in [4.78, 5) is 21.2. The Morgan fingerprint density at radius 3 is 2.56 bits per heavy atom. The summed E-state index contributed by atoms with van der Waals surface area (Å²) in [6.45, 7) is 3.45. The van der Waals surface area contributed by atoms with Gasteiger partial charge in [0.1, 0.15) is 47.9 Å². The third kappa shape index (κ3) is 6.71. The Morgan fingerprint density at radius 1 is 1.22 bits per heavy atom. The van der Waals surface area contributed by atoms with Gasteiger partial charge in [0.05, 0.1) is 17.6 Å². The highest BCUT2D eigenvalue weighted by atomic mass is 31.2. The zero-order chi connectivity index (χ0) is 32.4. The van der Waals surface area contributed by atoms with Crippen molar-refractivity contribution < 1.29 is 37.4 Å². The largest absolute Gasteiger partial charge is 0.459 e. The Bertz CT molecular complexity index is 1760. The van der Waals surface area contributed by atoms with Crippen molar-refractivity contribution in [1.29, 1.82) is 0 Å². The predicted molar refractivity (Wildman–Crippen MR) is 163 cm³/mol. The van der Waals surface area contributed by atoms with Crippen LogP contribution in [-0.2, 0) is 30.0 Å². The molecule has 1 saturated heterocycles. The first kappa shape index (κ1) is 32.1. The number of alkyl halides is 1. The SMILES string of the molecule is C#Cc1cn([C@@H]2O[C@H](COP(=O)(NC(C)(C)C(=O)OCc3ccccc3)Oc3ccccc3)[C@@H](O)[C@@]2(C)F)c2ncnc(N)c12. The molecule has 2 aromatic heterocycles. The number of benzene rings is 2. The first-order valence-electron chi connectivity index (χ1n) is 13.9. The number of ether oxygens (including phenoxy) is 2. The van der Waals surface area contributed by atoms with Gasteiger partial charge in [-0.05, 0) is 38.5 Å². The Labute approximate surface area is 259 Å². The molecule has 0 spiro atoms. The molecule has 12 nitrogen and oxygen atoms in total. The van der Waals surface area contributed by atoms with Gasteiger partial charge in [0.25, 0.3) is 0 Å². The van der Waals surface area contributed by atoms with Gasteiger partial charge >= 0.3 is 13.7 Å². The zero-order valence-electron chi connectivity index (χ0n) is 24.8. The van der Waals surface area contributed by atoms with E-state index in [2.05, 4.69) is 21.0 Å². The number of aromatic nitrogens is 3. The Morgan fingerprint density at radius 2 is 1.89 bits per heavy atom. The van der Waals surface area contributed by atoms with Gasteiger partial charge in [0.15, 0.2) is 11.9 Å². The van der Waals surface area contributed by atoms with E-state index in [1.807, 2.05) is 18.2 Å². The molecule has 1 unspecified atom stereocenters. The van der Waals surface area contributed by atoms with Gasteiger partial charge in [0.2, 0.25) is 0 Å². The van der Waals surface area contributed by atoms with Crippen LogP contribution in [0.15, 0.2) is 73.2 Å². The number of nitrogens with two attached hydrogens (primary N) is 1. The third-order valence-corrected chi connectivity index (χ3v) is 9.05. The molecule has 1 aliphatic rings. The number of rotatable bonds is 11. The van der Waals surface area contributed by atoms with Crippen LogP contribution in [0.2, 0.25) is 0 Å². The minimum Gasteiger partial charge on any atom is -0.459 e. The highest BCUT2D eigenvalue weighted by molar-refractivity contribution is 7.52. The van der Waals surface area contributed by atoms with Crippen LogP contribution >= 0.6 is 7.75 Å². The summed E-state index contributed by atoms with van der Waals surface area (Å²) < 4.78 is 54.5. The quantitative estimate of drug-likeness (QED) is 0.122. The minimum absolute atomic E-state index is 0.0138. The summed E-state index contributed by atoms with van der Waals surface area (Å²) >= 11 is 0. The normalized spacial score (nSPS) is 22.9. The van der Waals surface area contributed by atoms with Gasteiger partial charge in [0, 0.05) is 6.20 Å². The van der Waals surface area contributed by atoms with Crippen molar-refractivity contribution in [3.8, 4) is 18.1 Å². The molecule has 1 fully saturated rings. The monoisotopic (exact) mass is 637 g/mol. The summed E-state index contributed by atoms with van der Waals surface area (Å²) in [5.74, 6) is 2.01. The lowest BCUT2D eigenvalue weighted by molar-refractivity contribution is -0.151. The van der Waals surface area contributed by atoms with E-state index in [1.54, 1.807) is 42.5 Å². The van der Waals surface area contributed by atoms with E-state index in [0.717, 1.165) is 12.5 Å². The molecule has 5 rings (SSSR count). The van der Waals surface area contributed by atoms with E-state index in [4.69, 9.17) is 30.7 Å². The summed E-state index contributed by atoms with van der Waals surface area (Å²) in [5.41, 5.74) is 3.31. The van der Waals surface area contributed by atoms with Crippen molar-refractivity contribution in [1.82, 2.24) is 19.6 Å². The van der Waals surface area contributed by atoms with Crippen LogP contribution in [0.5, 0.6) is 5.75 Å². The molecule has 0 aliphatic carbocycles. The van der Waals surface area contributed by atoms with Crippen LogP contribution in [0, 0.1) is 12.3 Å². The van der Waals surface area contributed by atoms with Crippen molar-refractivity contribution in [2.75, 3.05) is 12.3 Å². The second-order valence-electron chi connectivity index (χ2n) is 11.2. The molecule has 2 aromatic carbocycles. The van der Waals surface area contributed by atoms with Crippen LogP contribution < -0.4 is 15.3 Å². The van der Waals surface area contributed by atoms with Crippen LogP contribution in [0.4, 0.5) is 10.2 Å². The number of anilines is 1. The van der Waals surface area contributed by atoms with Crippen LogP contribution in [0.3, 0.4) is 0 Å². The molecule has 236 valence electrons. The molecule has 0 saturated carbocycles. The molecule has 4 aromatic rings. The maximum atomic E-state index is 16.2. The Kier molecular flexibility index (Phi) is 8.98. The number of fused-ring (bicyclic) bond motifs is 1. The van der Waals surface area contributed by atoms with Crippen molar-refractivity contribution in [3.63, 3.8) is 0 Å². The Hall–Kier alpha value is -4.31. The summed E-state index contributed by atoms with van der Waals surface area (Å²) in [6, 6.07) is 17.2. The smallest absolute Gasteiger partial charge is 0.459 e. The van der Waals surface area contributed by atoms with Gasteiger partial charge in [-0.2, -0.15) is 5.09 Å². The predicted octanol–water partition coefficient (Wildman–Crippen LogP) is 4.30. The van der Waals surface area contributed by atoms with E-state index in [9.17, 15) is 14.5 Å². The number of nitrogens with one attached hydrogen (secondary N) is 1. The maximum absolute atomic E-state index is 16.2. The number of carbonyl (C=O) groups is 1. The number of nitrogen functional groups attached to an aromatic ring is 1. The topological polar surface area (TPSA) is 160 Å². The Balaban J connectivity index is 1.36. The average Bonchev–Trinajstić information content (AvgIpc) is 3.49. The fraction of sp³-hybridized carbons (Fsp3) is 0.323. The van der Waals surface area contributed by atoms with Crippen molar-refractivity contribution in [2.45, 2.75) is 57.0 Å². The first-order chi connectivity index (χ1) is 21.3. The number of para-hydroxylation sites is 1. The number of carbonyl (C=O) groups excluding carboxylic acids is 1. The highest BCUT2D eigenvalue weighted by Crippen LogP contribution is 2.49. The third-order valence-electron chi connectivity index (χ3n) is 7.28. The van der Waals surface area contributed by atoms with Crippen LogP contribution in [0.1, 0.15) is 38.1 Å². The van der Waals surface area contributed by atoms with E-state index in [-0.39, 0.29) is 23.8 Å². The lowest BCUT2D eigenvalue weighted by Crippen LogP contribution is -2.47. The van der Waals surface area contributed by atoms with E-state index < -0.39 is 50.0 Å². The van der Waals surface area contributed by atoms with Crippen LogP contribution in [-0.4, -0.2) is 55.6 Å². The summed E-state index contributed by atoms with van der Waals surface area (Å²) in [7, 11) is -4.41. The summed E-state index contributed by atoms with van der Waals surface area (Å²) in [6.07, 6.45) is 3.76. The van der Waals surface area contributed by atoms with Crippen molar-refractivity contribution in [2.24, 2.45) is 0 Å². The molecule has 1 aliphatic heterocycles. The number of nitrogens with zero attached hydrogens (tertiary/aromatic N) is 3. The molecular weight excluding hydrogens is 604 g/mol. The fourth-order valence-electron chi connectivity index (χ4n) is 4.91. The molecule has 5 atom stereocenters. The van der Waals surface area contributed by atoms with Crippen LogP contribution in [0.25, 0.3) is 11.0 Å². The second-order valence-corrected chi connectivity index (χ2v) is 12.8. The summed E-state index contributed by atoms with van der Waals surface area (Å²) in [5, 5.41) is 14.0. The number of hydrogen-bond donors (Lipinski definition) is 3. The maximum Gasteiger partial charge on any atom is 0.459 e. The number of aliphatic hydroxyl groups excluding tert-OH is 1. The van der Waals surface area contributed by atoms with E-state index in [0.29, 0.717) is 10.9 Å². The van der Waals surface area contributed by atoms with Gasteiger partial charge in [-0.15, -0.1) is 6.42 Å². The lowest BCUT2D eigenvalue weighted by atomic mass is 9.98. The molecular formula is C31H33FN5O7P. The number of esters is 1. The highest BCUT2D eigenvalue weighted by Gasteiger charge is 2.56. The minimum atomic E-state index is -4.41. The lowest BCUT2D eigenvalue weighted by Gasteiger charge is -2.30. The van der Waals surface area contributed by atoms with Gasteiger partial charge in [-0.25, -0.2) is 18.9 Å². The van der Waals surface area contributed by atoms with Crippen molar-refractivity contribution >= 4 is 30.6 Å². The molecule has 0 bridgehead atoms. The zero-order valence-corrected chi connectivity index (χ0v) is 25.7. The number of aliphatic hydroxyl groups is 1. The van der Waals surface area contributed by atoms with Gasteiger partial charge in [-0.3, -0.25) is 9.32 Å². The number of halogens is 1. The number of hydrogen-bond acceptors (Lipinski definition) is 10. The van der Waals surface area contributed by atoms with Crippen molar-refractivity contribution in [3.05, 3.63) is 84.3 Å². The molecule has 14 heteroatoms. The molecule has 0 amide bonds. The number of terminal acetylenes is 1. The molecule has 4 N–H and O–H groups in total. The molecule has 3 heterocycles. The van der Waals surface area contributed by atoms with E-state index in [1.165, 1.54) is 30.9 Å². The average molecular weight is 638 g/mol. The second kappa shape index (κ2) is 12.6. The van der Waals surface area contributed by atoms with E-state index >= 15 is 4.39 Å². The van der Waals surface area contributed by atoms with Gasteiger partial charge in [-0.1, -0.05) is 54.5 Å². The fourth-order valence-corrected chi connectivity index (χ4v) is 6.59. The van der Waals surface area contributed by atoms with Gasteiger partial charge < -0.3 is 29.4 Å². The molecule has 0 radical (unpaired) electrons. The first-order valence-corrected chi connectivity index (χ1v) is 15.5.